The average Bonchev–Trinajstić information content (AvgIpc) is 3.23. The molecule has 0 atom stereocenters. The topological polar surface area (TPSA) is 17.3 Å². The molecule has 3 aromatic carbocycles. The van der Waals surface area contributed by atoms with E-state index in [2.05, 4.69) is 111 Å². The van der Waals surface area contributed by atoms with Crippen molar-refractivity contribution in [3.63, 3.8) is 0 Å². The molecule has 0 N–H and O–H groups in total. The van der Waals surface area contributed by atoms with E-state index in [0.717, 1.165) is 11.3 Å². The highest BCUT2D eigenvalue weighted by Crippen LogP contribution is 2.32. The Morgan fingerprint density at radius 2 is 1.39 bits per heavy atom. The Morgan fingerprint density at radius 1 is 0.742 bits per heavy atom. The molecule has 2 aromatic heterocycles. The molecule has 31 heavy (non-hydrogen) atoms. The number of hydrogen-bond donors (Lipinski definition) is 0. The van der Waals surface area contributed by atoms with Crippen LogP contribution in [0.4, 0.5) is 0 Å². The fraction of sp³-hybridized carbons (Fsp3) is 0.138. The number of hydrogen-bond acceptors (Lipinski definition) is 1. The second-order valence-corrected chi connectivity index (χ2v) is 8.08. The summed E-state index contributed by atoms with van der Waals surface area (Å²) in [5.74, 6) is 0. The van der Waals surface area contributed by atoms with Crippen LogP contribution in [0.2, 0.25) is 0 Å². The van der Waals surface area contributed by atoms with E-state index in [4.69, 9.17) is 4.98 Å². The van der Waals surface area contributed by atoms with Crippen LogP contribution < -0.4 is 10.6 Å². The summed E-state index contributed by atoms with van der Waals surface area (Å²) in [4.78, 5) is 4.90. The van der Waals surface area contributed by atoms with Crippen LogP contribution in [0, 0.1) is 13.8 Å². The van der Waals surface area contributed by atoms with E-state index < -0.39 is 0 Å². The first-order chi connectivity index (χ1) is 15.1. The minimum atomic E-state index is 1.01. The summed E-state index contributed by atoms with van der Waals surface area (Å²) in [6, 6.07) is 23.7. The van der Waals surface area contributed by atoms with Crippen molar-refractivity contribution in [3.8, 4) is 22.4 Å². The number of pyridine rings is 1. The summed E-state index contributed by atoms with van der Waals surface area (Å²) in [6.07, 6.45) is 6.44. The Bertz CT molecular complexity index is 1530. The van der Waals surface area contributed by atoms with Gasteiger partial charge in [0.25, 0.3) is 0 Å². The van der Waals surface area contributed by atoms with Gasteiger partial charge in [-0.2, -0.15) is 0 Å². The number of fused-ring (bicyclic) bond motifs is 3. The number of rotatable bonds is 2. The van der Waals surface area contributed by atoms with Gasteiger partial charge in [0.05, 0.1) is 17.2 Å². The zero-order chi connectivity index (χ0) is 21.5. The van der Waals surface area contributed by atoms with Gasteiger partial charge in [-0.3, -0.25) is 4.40 Å². The minimum absolute atomic E-state index is 1.01. The minimum Gasteiger partial charge on any atom is -0.292 e. The zero-order valence-corrected chi connectivity index (χ0v) is 18.5. The maximum Gasteiger partial charge on any atom is 0.145 e. The largest absolute Gasteiger partial charge is 0.292 e. The maximum absolute atomic E-state index is 4.90. The lowest BCUT2D eigenvalue weighted by atomic mass is 9.94. The number of benzene rings is 3. The second kappa shape index (κ2) is 7.55. The van der Waals surface area contributed by atoms with Crippen molar-refractivity contribution in [1.29, 1.82) is 0 Å². The lowest BCUT2D eigenvalue weighted by Gasteiger charge is -2.14. The molecular weight excluding hydrogens is 376 g/mol. The van der Waals surface area contributed by atoms with Crippen LogP contribution in [-0.2, 0) is 0 Å². The van der Waals surface area contributed by atoms with E-state index in [1.54, 1.807) is 0 Å². The van der Waals surface area contributed by atoms with Gasteiger partial charge in [-0.1, -0.05) is 78.9 Å². The van der Waals surface area contributed by atoms with Gasteiger partial charge < -0.3 is 0 Å². The molecule has 0 amide bonds. The number of aryl methyl sites for hydroxylation is 2. The van der Waals surface area contributed by atoms with Gasteiger partial charge in [0.1, 0.15) is 5.65 Å². The predicted octanol–water partition coefficient (Wildman–Crippen LogP) is 6.04. The van der Waals surface area contributed by atoms with Crippen molar-refractivity contribution in [2.75, 3.05) is 0 Å². The van der Waals surface area contributed by atoms with Crippen LogP contribution in [-0.4, -0.2) is 9.38 Å². The monoisotopic (exact) mass is 402 g/mol. The fourth-order valence-corrected chi connectivity index (χ4v) is 4.89. The molecule has 5 rings (SSSR count). The molecule has 5 aromatic rings. The summed E-state index contributed by atoms with van der Waals surface area (Å²) in [7, 11) is 0. The van der Waals surface area contributed by atoms with Crippen LogP contribution in [0.1, 0.15) is 25.0 Å². The fourth-order valence-electron chi connectivity index (χ4n) is 4.89. The molecule has 152 valence electrons. The highest BCUT2D eigenvalue weighted by Gasteiger charge is 2.16. The summed E-state index contributed by atoms with van der Waals surface area (Å²) in [5, 5.41) is 4.87. The SMILES string of the molecule is C/C=c1\c(=C/C)n2c(-c3c(C)cc(-c4ccccc4)cc3C)cnc2c2ccccc12. The molecule has 0 fully saturated rings. The van der Waals surface area contributed by atoms with Gasteiger partial charge in [-0.05, 0) is 55.3 Å². The quantitative estimate of drug-likeness (QED) is 0.352. The van der Waals surface area contributed by atoms with Gasteiger partial charge in [-0.15, -0.1) is 0 Å². The van der Waals surface area contributed by atoms with Crippen molar-refractivity contribution < 1.29 is 0 Å². The van der Waals surface area contributed by atoms with Crippen molar-refractivity contribution in [3.05, 3.63) is 94.6 Å². The predicted molar refractivity (Wildman–Crippen MR) is 133 cm³/mol. The second-order valence-electron chi connectivity index (χ2n) is 8.08. The molecule has 2 heterocycles. The van der Waals surface area contributed by atoms with Gasteiger partial charge in [-0.25, -0.2) is 4.98 Å². The molecule has 0 unspecified atom stereocenters. The number of nitrogens with zero attached hydrogens (tertiary/aromatic N) is 2. The Balaban J connectivity index is 1.87. The van der Waals surface area contributed by atoms with Crippen LogP contribution in [0.5, 0.6) is 0 Å². The first-order valence-corrected chi connectivity index (χ1v) is 10.8. The molecular formula is C29H26N2. The third kappa shape index (κ3) is 2.98. The number of aromatic nitrogens is 2. The maximum atomic E-state index is 4.90. The smallest absolute Gasteiger partial charge is 0.145 e. The highest BCUT2D eigenvalue weighted by atomic mass is 15.0. The van der Waals surface area contributed by atoms with Gasteiger partial charge in [0.15, 0.2) is 0 Å². The number of imidazole rings is 1. The van der Waals surface area contributed by atoms with E-state index in [-0.39, 0.29) is 0 Å². The first-order valence-electron chi connectivity index (χ1n) is 10.8. The molecule has 2 nitrogen and oxygen atoms in total. The van der Waals surface area contributed by atoms with Gasteiger partial charge in [0, 0.05) is 16.2 Å². The Labute approximate surface area is 182 Å². The van der Waals surface area contributed by atoms with Crippen LogP contribution >= 0.6 is 0 Å². The van der Waals surface area contributed by atoms with Crippen molar-refractivity contribution >= 4 is 28.6 Å². The lowest BCUT2D eigenvalue weighted by Crippen LogP contribution is -2.32. The Kier molecular flexibility index (Phi) is 4.71. The van der Waals surface area contributed by atoms with E-state index in [1.807, 2.05) is 6.20 Å². The van der Waals surface area contributed by atoms with Gasteiger partial charge in [0.2, 0.25) is 0 Å². The van der Waals surface area contributed by atoms with Gasteiger partial charge >= 0.3 is 0 Å². The molecule has 0 spiro atoms. The summed E-state index contributed by atoms with van der Waals surface area (Å²) in [6.45, 7) is 8.63. The average molecular weight is 403 g/mol. The lowest BCUT2D eigenvalue weighted by molar-refractivity contribution is 1.12. The van der Waals surface area contributed by atoms with E-state index >= 15 is 0 Å². The summed E-state index contributed by atoms with van der Waals surface area (Å²) < 4.78 is 2.33. The van der Waals surface area contributed by atoms with Crippen molar-refractivity contribution in [2.24, 2.45) is 0 Å². The van der Waals surface area contributed by atoms with Crippen LogP contribution in [0.15, 0.2) is 72.9 Å². The first kappa shape index (κ1) is 19.3. The summed E-state index contributed by atoms with van der Waals surface area (Å²) >= 11 is 0. The molecule has 0 radical (unpaired) electrons. The molecule has 0 bridgehead atoms. The van der Waals surface area contributed by atoms with Crippen molar-refractivity contribution in [2.45, 2.75) is 27.7 Å². The van der Waals surface area contributed by atoms with Crippen LogP contribution in [0.3, 0.4) is 0 Å². The molecule has 0 aliphatic heterocycles. The standard InChI is InChI=1S/C29H26N2/c1-5-23-24-14-10-11-15-25(24)29-30-18-27(31(29)26(23)6-2)28-19(3)16-22(17-20(28)4)21-12-8-7-9-13-21/h5-18H,1-4H3/b23-5-,26-6+. The Hall–Kier alpha value is -3.65. The molecule has 0 aliphatic rings. The van der Waals surface area contributed by atoms with Crippen molar-refractivity contribution in [1.82, 2.24) is 9.38 Å². The summed E-state index contributed by atoms with van der Waals surface area (Å²) in [5.41, 5.74) is 8.43. The Morgan fingerprint density at radius 3 is 2.03 bits per heavy atom. The zero-order valence-electron chi connectivity index (χ0n) is 18.5. The third-order valence-electron chi connectivity index (χ3n) is 6.19. The highest BCUT2D eigenvalue weighted by molar-refractivity contribution is 5.96. The van der Waals surface area contributed by atoms with Crippen LogP contribution in [0.25, 0.3) is 51.0 Å². The molecule has 2 heteroatoms. The van der Waals surface area contributed by atoms with E-state index in [9.17, 15) is 0 Å². The van der Waals surface area contributed by atoms with E-state index in [0.29, 0.717) is 0 Å². The normalized spacial score (nSPS) is 12.9. The van der Waals surface area contributed by atoms with E-state index in [1.165, 1.54) is 49.2 Å². The molecule has 0 saturated carbocycles. The third-order valence-corrected chi connectivity index (χ3v) is 6.19. The molecule has 0 aliphatic carbocycles. The molecule has 0 saturated heterocycles.